The van der Waals surface area contributed by atoms with Crippen molar-refractivity contribution in [3.63, 3.8) is 0 Å². The second-order valence-electron chi connectivity index (χ2n) is 6.13. The number of aliphatic hydroxyl groups is 1. The molecule has 0 radical (unpaired) electrons. The Morgan fingerprint density at radius 2 is 2.04 bits per heavy atom. The summed E-state index contributed by atoms with van der Waals surface area (Å²) in [5.74, 6) is 0.382. The van der Waals surface area contributed by atoms with Crippen LogP contribution in [0.5, 0.6) is 11.5 Å². The molecule has 3 rings (SSSR count). The minimum atomic E-state index is -1.22. The van der Waals surface area contributed by atoms with Crippen molar-refractivity contribution in [2.75, 3.05) is 14.2 Å². The molecule has 24 heavy (non-hydrogen) atoms. The third-order valence-electron chi connectivity index (χ3n) is 4.53. The fourth-order valence-corrected chi connectivity index (χ4v) is 2.88. The summed E-state index contributed by atoms with van der Waals surface area (Å²) in [5, 5.41) is 26.4. The number of hydrogen-bond acceptors (Lipinski definition) is 6. The molecule has 1 unspecified atom stereocenters. The van der Waals surface area contributed by atoms with Crippen LogP contribution in [-0.2, 0) is 12.0 Å². The second kappa shape index (κ2) is 6.26. The number of nitrogens with one attached hydrogen (secondary N) is 1. The van der Waals surface area contributed by atoms with Crippen LogP contribution in [0.4, 0.5) is 0 Å². The van der Waals surface area contributed by atoms with Gasteiger partial charge in [0.05, 0.1) is 19.9 Å². The summed E-state index contributed by atoms with van der Waals surface area (Å²) in [6.07, 6.45) is 2.10. The molecule has 1 aliphatic carbocycles. The Bertz CT molecular complexity index is 781. The highest BCUT2D eigenvalue weighted by Crippen LogP contribution is 2.49. The zero-order chi connectivity index (χ0) is 17.3. The molecule has 3 N–H and O–H groups in total. The topological polar surface area (TPSA) is 96.6 Å². The Balaban J connectivity index is 1.90. The standard InChI is InChI=1S/C17H21N3O4/c1-18-16(23)14-15(22)13(21)9-20(19-14)10-17(7-8-17)11-3-5-12(24-2)6-4-11/h3-6,9,16,18,21,23H,7-8,10H2,1-2H3. The number of ether oxygens (including phenoxy) is 1. The maximum absolute atomic E-state index is 11.9. The van der Waals surface area contributed by atoms with E-state index in [0.29, 0.717) is 6.54 Å². The molecular formula is C17H21N3O4. The molecule has 128 valence electrons. The fourth-order valence-electron chi connectivity index (χ4n) is 2.88. The average molecular weight is 331 g/mol. The van der Waals surface area contributed by atoms with E-state index in [4.69, 9.17) is 4.74 Å². The first-order valence-electron chi connectivity index (χ1n) is 7.79. The lowest BCUT2D eigenvalue weighted by Gasteiger charge is -2.19. The number of aliphatic hydroxyl groups excluding tert-OH is 1. The monoisotopic (exact) mass is 331 g/mol. The van der Waals surface area contributed by atoms with Gasteiger partial charge in [0, 0.05) is 5.41 Å². The van der Waals surface area contributed by atoms with Crippen molar-refractivity contribution in [3.05, 3.63) is 51.9 Å². The van der Waals surface area contributed by atoms with Gasteiger partial charge in [0.25, 0.3) is 0 Å². The van der Waals surface area contributed by atoms with Crippen LogP contribution in [0.25, 0.3) is 0 Å². The summed E-state index contributed by atoms with van der Waals surface area (Å²) >= 11 is 0. The van der Waals surface area contributed by atoms with Crippen LogP contribution >= 0.6 is 0 Å². The normalized spacial score (nSPS) is 16.6. The smallest absolute Gasteiger partial charge is 0.248 e. The van der Waals surface area contributed by atoms with Crippen LogP contribution in [0, 0.1) is 0 Å². The van der Waals surface area contributed by atoms with Gasteiger partial charge in [-0.05, 0) is 37.6 Å². The van der Waals surface area contributed by atoms with Crippen molar-refractivity contribution in [3.8, 4) is 11.5 Å². The van der Waals surface area contributed by atoms with Crippen molar-refractivity contribution >= 4 is 0 Å². The van der Waals surface area contributed by atoms with E-state index < -0.39 is 17.4 Å². The van der Waals surface area contributed by atoms with E-state index in [-0.39, 0.29) is 11.1 Å². The Morgan fingerprint density at radius 1 is 1.38 bits per heavy atom. The largest absolute Gasteiger partial charge is 0.503 e. The predicted molar refractivity (Wildman–Crippen MR) is 88.1 cm³/mol. The first-order valence-corrected chi connectivity index (χ1v) is 7.79. The first kappa shape index (κ1) is 16.5. The lowest BCUT2D eigenvalue weighted by molar-refractivity contribution is 0.139. The summed E-state index contributed by atoms with van der Waals surface area (Å²) in [6, 6.07) is 7.89. The Labute approximate surface area is 139 Å². The van der Waals surface area contributed by atoms with Crippen LogP contribution in [-0.4, -0.2) is 34.2 Å². The molecule has 7 heteroatoms. The maximum Gasteiger partial charge on any atom is 0.248 e. The SMILES string of the molecule is CNC(O)c1nn(CC2(c3ccc(OC)cc3)CC2)cc(O)c1=O. The van der Waals surface area contributed by atoms with Crippen LogP contribution < -0.4 is 15.5 Å². The summed E-state index contributed by atoms with van der Waals surface area (Å²) < 4.78 is 6.72. The van der Waals surface area contributed by atoms with Gasteiger partial charge < -0.3 is 14.9 Å². The number of benzene rings is 1. The lowest BCUT2D eigenvalue weighted by atomic mass is 9.96. The molecule has 0 aliphatic heterocycles. The van der Waals surface area contributed by atoms with E-state index in [2.05, 4.69) is 10.4 Å². The van der Waals surface area contributed by atoms with Crippen molar-refractivity contribution < 1.29 is 14.9 Å². The third-order valence-corrected chi connectivity index (χ3v) is 4.53. The Kier molecular flexibility index (Phi) is 4.29. The van der Waals surface area contributed by atoms with Crippen LogP contribution in [0.2, 0.25) is 0 Å². The molecule has 2 aromatic rings. The summed E-state index contributed by atoms with van der Waals surface area (Å²) in [4.78, 5) is 11.9. The molecule has 0 bridgehead atoms. The highest BCUT2D eigenvalue weighted by Gasteiger charge is 2.44. The third kappa shape index (κ3) is 3.00. The van der Waals surface area contributed by atoms with Crippen molar-refractivity contribution in [2.45, 2.75) is 31.0 Å². The molecule has 0 amide bonds. The quantitative estimate of drug-likeness (QED) is 0.681. The van der Waals surface area contributed by atoms with E-state index in [0.717, 1.165) is 18.6 Å². The lowest BCUT2D eigenvalue weighted by Crippen LogP contribution is -2.28. The van der Waals surface area contributed by atoms with Crippen LogP contribution in [0.1, 0.15) is 30.3 Å². The van der Waals surface area contributed by atoms with Gasteiger partial charge in [0.1, 0.15) is 5.75 Å². The first-order chi connectivity index (χ1) is 11.5. The van der Waals surface area contributed by atoms with E-state index >= 15 is 0 Å². The minimum Gasteiger partial charge on any atom is -0.503 e. The molecule has 0 spiro atoms. The van der Waals surface area contributed by atoms with Gasteiger partial charge >= 0.3 is 0 Å². The number of aromatic hydroxyl groups is 1. The summed E-state index contributed by atoms with van der Waals surface area (Å²) in [5.41, 5.74) is 0.326. The van der Waals surface area contributed by atoms with Gasteiger partial charge in [0.15, 0.2) is 17.7 Å². The fraction of sp³-hybridized carbons (Fsp3) is 0.412. The van der Waals surface area contributed by atoms with E-state index in [1.54, 1.807) is 7.11 Å². The zero-order valence-electron chi connectivity index (χ0n) is 13.7. The zero-order valence-corrected chi connectivity index (χ0v) is 13.7. The van der Waals surface area contributed by atoms with Crippen LogP contribution in [0.15, 0.2) is 35.3 Å². The van der Waals surface area contributed by atoms with Crippen molar-refractivity contribution in [2.24, 2.45) is 0 Å². The van der Waals surface area contributed by atoms with E-state index in [1.165, 1.54) is 23.5 Å². The number of nitrogens with zero attached hydrogens (tertiary/aromatic N) is 2. The van der Waals surface area contributed by atoms with Gasteiger partial charge in [-0.2, -0.15) is 5.10 Å². The highest BCUT2D eigenvalue weighted by atomic mass is 16.5. The van der Waals surface area contributed by atoms with Gasteiger partial charge in [0.2, 0.25) is 5.43 Å². The van der Waals surface area contributed by atoms with E-state index in [1.807, 2.05) is 24.3 Å². The summed E-state index contributed by atoms with van der Waals surface area (Å²) in [6.45, 7) is 0.524. The van der Waals surface area contributed by atoms with Crippen LogP contribution in [0.3, 0.4) is 0 Å². The number of rotatable bonds is 6. The minimum absolute atomic E-state index is 0.0668. The van der Waals surface area contributed by atoms with Gasteiger partial charge in [-0.25, -0.2) is 0 Å². The molecule has 1 aliphatic rings. The molecule has 1 aromatic heterocycles. The molecule has 0 saturated heterocycles. The summed E-state index contributed by atoms with van der Waals surface area (Å²) in [7, 11) is 3.14. The average Bonchev–Trinajstić information content (AvgIpc) is 3.38. The Hall–Kier alpha value is -2.38. The Morgan fingerprint density at radius 3 is 2.58 bits per heavy atom. The molecule has 1 atom stereocenters. The number of methoxy groups -OCH3 is 1. The van der Waals surface area contributed by atoms with Gasteiger partial charge in [-0.1, -0.05) is 12.1 Å². The van der Waals surface area contributed by atoms with Gasteiger partial charge in [-0.3, -0.25) is 14.8 Å². The maximum atomic E-state index is 11.9. The molecule has 1 aromatic carbocycles. The van der Waals surface area contributed by atoms with Crippen molar-refractivity contribution in [1.82, 2.24) is 15.1 Å². The molecule has 7 nitrogen and oxygen atoms in total. The predicted octanol–water partition coefficient (Wildman–Crippen LogP) is 0.900. The molecule has 1 fully saturated rings. The van der Waals surface area contributed by atoms with E-state index in [9.17, 15) is 15.0 Å². The number of hydrogen-bond donors (Lipinski definition) is 3. The molecular weight excluding hydrogens is 310 g/mol. The second-order valence-corrected chi connectivity index (χ2v) is 6.13. The molecule has 1 saturated carbocycles. The van der Waals surface area contributed by atoms with Gasteiger partial charge in [-0.15, -0.1) is 0 Å². The molecule has 1 heterocycles. The highest BCUT2D eigenvalue weighted by molar-refractivity contribution is 5.36. The van der Waals surface area contributed by atoms with Crippen molar-refractivity contribution in [1.29, 1.82) is 0 Å². The number of aromatic nitrogens is 2.